The van der Waals surface area contributed by atoms with Gasteiger partial charge in [-0.2, -0.15) is 0 Å². The van der Waals surface area contributed by atoms with E-state index in [1.54, 1.807) is 6.08 Å². The number of hydrogen-bond acceptors (Lipinski definition) is 2. The molecule has 1 aromatic heterocycles. The van der Waals surface area contributed by atoms with Gasteiger partial charge in [0.2, 0.25) is 0 Å². The largest absolute Gasteiger partial charge is 0.455 e. The normalized spacial score (nSPS) is 11.2. The molecule has 0 amide bonds. The van der Waals surface area contributed by atoms with Crippen molar-refractivity contribution in [2.24, 2.45) is 5.92 Å². The van der Waals surface area contributed by atoms with Crippen LogP contribution in [0.1, 0.15) is 31.9 Å². The molecule has 0 radical (unpaired) electrons. The van der Waals surface area contributed by atoms with Crippen LogP contribution in [-0.2, 0) is 6.42 Å². The lowest BCUT2D eigenvalue weighted by atomic mass is 10.0. The third-order valence-corrected chi connectivity index (χ3v) is 3.72. The van der Waals surface area contributed by atoms with Gasteiger partial charge in [-0.05, 0) is 43.4 Å². The summed E-state index contributed by atoms with van der Waals surface area (Å²) >= 11 is 0. The van der Waals surface area contributed by atoms with Crippen molar-refractivity contribution in [1.82, 2.24) is 0 Å². The molecule has 120 valence electrons. The summed E-state index contributed by atoms with van der Waals surface area (Å²) in [5, 5.41) is 8.87. The Morgan fingerprint density at radius 3 is 2.26 bits per heavy atom. The van der Waals surface area contributed by atoms with Crippen molar-refractivity contribution in [3.05, 3.63) is 59.7 Å². The van der Waals surface area contributed by atoms with Gasteiger partial charge in [0.25, 0.3) is 0 Å². The maximum Gasteiger partial charge on any atom is 0.138 e. The van der Waals surface area contributed by atoms with Crippen molar-refractivity contribution < 1.29 is 4.42 Å². The van der Waals surface area contributed by atoms with Crippen molar-refractivity contribution in [2.75, 3.05) is 0 Å². The number of rotatable bonds is 3. The molecule has 0 bridgehead atoms. The zero-order valence-electron chi connectivity index (χ0n) is 14.4. The SMILES string of the molecule is C/C=C\C=N.Cc1cccc2c1oc1c(CC(C)C)cccc12. The molecular weight excluding hydrogens is 282 g/mol. The quantitative estimate of drug-likeness (QED) is 0.566. The van der Waals surface area contributed by atoms with Gasteiger partial charge in [-0.1, -0.05) is 56.3 Å². The van der Waals surface area contributed by atoms with Crippen LogP contribution >= 0.6 is 0 Å². The van der Waals surface area contributed by atoms with Crippen LogP contribution in [0.15, 0.2) is 53.0 Å². The van der Waals surface area contributed by atoms with Crippen LogP contribution in [0.25, 0.3) is 21.9 Å². The molecule has 2 nitrogen and oxygen atoms in total. The number of furan rings is 1. The van der Waals surface area contributed by atoms with Crippen molar-refractivity contribution in [1.29, 1.82) is 5.41 Å². The molecule has 0 saturated heterocycles. The van der Waals surface area contributed by atoms with Crippen LogP contribution in [0.3, 0.4) is 0 Å². The Kier molecular flexibility index (Phi) is 5.75. The van der Waals surface area contributed by atoms with Gasteiger partial charge in [0.05, 0.1) is 0 Å². The van der Waals surface area contributed by atoms with Crippen LogP contribution in [-0.4, -0.2) is 6.21 Å². The van der Waals surface area contributed by atoms with Crippen molar-refractivity contribution in [2.45, 2.75) is 34.1 Å². The first-order valence-electron chi connectivity index (χ1n) is 8.10. The second kappa shape index (κ2) is 7.77. The summed E-state index contributed by atoms with van der Waals surface area (Å²) in [5.41, 5.74) is 4.62. The highest BCUT2D eigenvalue weighted by Crippen LogP contribution is 2.33. The van der Waals surface area contributed by atoms with Gasteiger partial charge in [-0.25, -0.2) is 0 Å². The minimum atomic E-state index is 0.643. The monoisotopic (exact) mass is 307 g/mol. The smallest absolute Gasteiger partial charge is 0.138 e. The third kappa shape index (κ3) is 3.89. The lowest BCUT2D eigenvalue weighted by molar-refractivity contribution is 0.622. The number of benzene rings is 2. The minimum absolute atomic E-state index is 0.643. The summed E-state index contributed by atoms with van der Waals surface area (Å²) in [6, 6.07) is 12.8. The van der Waals surface area contributed by atoms with Crippen molar-refractivity contribution in [3.8, 4) is 0 Å². The maximum absolute atomic E-state index is 6.39. The Morgan fingerprint density at radius 1 is 1.04 bits per heavy atom. The molecule has 0 saturated carbocycles. The Labute approximate surface area is 138 Å². The molecule has 1 heterocycles. The van der Waals surface area contributed by atoms with Crippen LogP contribution < -0.4 is 0 Å². The Hall–Kier alpha value is -2.35. The zero-order chi connectivity index (χ0) is 16.8. The lowest BCUT2D eigenvalue weighted by Crippen LogP contribution is -1.93. The molecule has 0 unspecified atom stereocenters. The molecule has 0 aliphatic heterocycles. The van der Waals surface area contributed by atoms with E-state index in [1.165, 1.54) is 28.1 Å². The molecule has 2 aromatic carbocycles. The second-order valence-corrected chi connectivity index (χ2v) is 6.14. The number of aryl methyl sites for hydroxylation is 1. The molecule has 3 aromatic rings. The number of nitrogens with one attached hydrogen (secondary N) is 1. The van der Waals surface area contributed by atoms with Gasteiger partial charge < -0.3 is 9.83 Å². The Balaban J connectivity index is 0.000000338. The predicted octanol–water partition coefficient (Wildman–Crippen LogP) is 6.30. The highest BCUT2D eigenvalue weighted by atomic mass is 16.3. The molecule has 1 N–H and O–H groups in total. The summed E-state index contributed by atoms with van der Waals surface area (Å²) in [4.78, 5) is 0. The van der Waals surface area contributed by atoms with E-state index in [0.29, 0.717) is 5.92 Å². The van der Waals surface area contributed by atoms with Gasteiger partial charge in [0.1, 0.15) is 11.2 Å². The number of allylic oxidation sites excluding steroid dienone is 2. The molecule has 0 aliphatic rings. The summed E-state index contributed by atoms with van der Waals surface area (Å²) in [6.07, 6.45) is 5.79. The van der Waals surface area contributed by atoms with Crippen LogP contribution in [0.2, 0.25) is 0 Å². The molecule has 0 fully saturated rings. The maximum atomic E-state index is 6.39. The van der Waals surface area contributed by atoms with E-state index in [1.807, 2.05) is 13.0 Å². The first-order valence-corrected chi connectivity index (χ1v) is 8.10. The molecule has 0 aliphatic carbocycles. The number of hydrogen-bond donors (Lipinski definition) is 1. The average Bonchev–Trinajstić information content (AvgIpc) is 2.90. The van der Waals surface area contributed by atoms with Gasteiger partial charge in [0, 0.05) is 17.0 Å². The topological polar surface area (TPSA) is 37.0 Å². The highest BCUT2D eigenvalue weighted by molar-refractivity contribution is 6.06. The molecular formula is C21H25NO. The predicted molar refractivity (Wildman–Crippen MR) is 101 cm³/mol. The molecule has 2 heteroatoms. The molecule has 0 atom stereocenters. The first-order chi connectivity index (χ1) is 11.1. The van der Waals surface area contributed by atoms with Crippen molar-refractivity contribution in [3.63, 3.8) is 0 Å². The van der Waals surface area contributed by atoms with E-state index < -0.39 is 0 Å². The second-order valence-electron chi connectivity index (χ2n) is 6.14. The fourth-order valence-electron chi connectivity index (χ4n) is 2.72. The van der Waals surface area contributed by atoms with Gasteiger partial charge in [0.15, 0.2) is 0 Å². The van der Waals surface area contributed by atoms with Gasteiger partial charge in [-0.3, -0.25) is 0 Å². The number of para-hydroxylation sites is 2. The van der Waals surface area contributed by atoms with E-state index >= 15 is 0 Å². The fraction of sp³-hybridized carbons (Fsp3) is 0.286. The van der Waals surface area contributed by atoms with E-state index in [2.05, 4.69) is 57.2 Å². The summed E-state index contributed by atoms with van der Waals surface area (Å²) in [7, 11) is 0. The first kappa shape index (κ1) is 17.0. The Bertz CT molecular complexity index is 824. The van der Waals surface area contributed by atoms with Crippen molar-refractivity contribution >= 4 is 28.2 Å². The van der Waals surface area contributed by atoms with E-state index in [9.17, 15) is 0 Å². The van der Waals surface area contributed by atoms with Crippen LogP contribution in [0.5, 0.6) is 0 Å². The third-order valence-electron chi connectivity index (χ3n) is 3.72. The summed E-state index contributed by atoms with van der Waals surface area (Å²) < 4.78 is 6.12. The minimum Gasteiger partial charge on any atom is -0.455 e. The highest BCUT2D eigenvalue weighted by Gasteiger charge is 2.12. The van der Waals surface area contributed by atoms with Gasteiger partial charge >= 0.3 is 0 Å². The van der Waals surface area contributed by atoms with Crippen LogP contribution in [0.4, 0.5) is 0 Å². The van der Waals surface area contributed by atoms with Gasteiger partial charge in [-0.15, -0.1) is 0 Å². The lowest BCUT2D eigenvalue weighted by Gasteiger charge is -2.04. The molecule has 23 heavy (non-hydrogen) atoms. The number of fused-ring (bicyclic) bond motifs is 3. The van der Waals surface area contributed by atoms with E-state index in [4.69, 9.17) is 9.83 Å². The summed E-state index contributed by atoms with van der Waals surface area (Å²) in [5.74, 6) is 0.643. The van der Waals surface area contributed by atoms with Crippen LogP contribution in [0, 0.1) is 18.3 Å². The molecule has 0 spiro atoms. The summed E-state index contributed by atoms with van der Waals surface area (Å²) in [6.45, 7) is 8.47. The fourth-order valence-corrected chi connectivity index (χ4v) is 2.72. The van der Waals surface area contributed by atoms with E-state index in [-0.39, 0.29) is 0 Å². The zero-order valence-corrected chi connectivity index (χ0v) is 14.4. The Morgan fingerprint density at radius 2 is 1.70 bits per heavy atom. The standard InChI is InChI=1S/C17H18O.C4H7N/c1-11(2)10-13-7-5-9-15-14-8-4-6-12(3)16(14)18-17(13)15;1-2-3-4-5/h4-9,11H,10H2,1-3H3;2-5H,1H3/b;3-2-,5-4?. The van der Waals surface area contributed by atoms with E-state index in [0.717, 1.165) is 17.6 Å². The average molecular weight is 307 g/mol. The molecule has 3 rings (SSSR count).